The van der Waals surface area contributed by atoms with E-state index in [-0.39, 0.29) is 11.9 Å². The lowest BCUT2D eigenvalue weighted by atomic mass is 9.96. The molecule has 0 saturated carbocycles. The lowest BCUT2D eigenvalue weighted by Gasteiger charge is -2.31. The second-order valence-electron chi connectivity index (χ2n) is 6.93. The van der Waals surface area contributed by atoms with Crippen molar-refractivity contribution in [2.45, 2.75) is 31.9 Å². The van der Waals surface area contributed by atoms with Crippen molar-refractivity contribution in [1.29, 1.82) is 0 Å². The first-order valence-corrected chi connectivity index (χ1v) is 8.93. The third kappa shape index (κ3) is 3.67. The minimum atomic E-state index is -4.43. The molecular weight excluding hydrogens is 373 g/mol. The van der Waals surface area contributed by atoms with Crippen molar-refractivity contribution in [2.24, 2.45) is 0 Å². The summed E-state index contributed by atoms with van der Waals surface area (Å²) in [4.78, 5) is 24.8. The summed E-state index contributed by atoms with van der Waals surface area (Å²) in [7, 11) is 0. The lowest BCUT2D eigenvalue weighted by molar-refractivity contribution is -0.141. The number of fused-ring (bicyclic) bond motifs is 1. The zero-order chi connectivity index (χ0) is 19.9. The molecule has 28 heavy (non-hydrogen) atoms. The van der Waals surface area contributed by atoms with E-state index in [9.17, 15) is 18.0 Å². The van der Waals surface area contributed by atoms with Gasteiger partial charge in [-0.2, -0.15) is 13.2 Å². The van der Waals surface area contributed by atoms with Crippen LogP contribution in [0.2, 0.25) is 0 Å². The SMILES string of the molecule is Cc1cn2ccc(NC(=O)N3CCC(c4ncc(C(F)(F)F)[nH]4)CC3)cc2n1. The van der Waals surface area contributed by atoms with E-state index in [4.69, 9.17) is 0 Å². The smallest absolute Gasteiger partial charge is 0.338 e. The van der Waals surface area contributed by atoms with Crippen molar-refractivity contribution in [3.63, 3.8) is 0 Å². The Morgan fingerprint density at radius 2 is 2.07 bits per heavy atom. The van der Waals surface area contributed by atoms with E-state index in [1.807, 2.05) is 23.7 Å². The van der Waals surface area contributed by atoms with Crippen LogP contribution in [0, 0.1) is 6.92 Å². The first-order chi connectivity index (χ1) is 13.3. The molecule has 0 aliphatic carbocycles. The van der Waals surface area contributed by atoms with Gasteiger partial charge in [-0.05, 0) is 25.8 Å². The zero-order valence-corrected chi connectivity index (χ0v) is 15.1. The summed E-state index contributed by atoms with van der Waals surface area (Å²) >= 11 is 0. The van der Waals surface area contributed by atoms with Crippen LogP contribution in [0.4, 0.5) is 23.7 Å². The van der Waals surface area contributed by atoms with Crippen molar-refractivity contribution in [3.05, 3.63) is 47.9 Å². The molecule has 1 fully saturated rings. The molecule has 0 spiro atoms. The van der Waals surface area contributed by atoms with E-state index in [2.05, 4.69) is 20.3 Å². The van der Waals surface area contributed by atoms with Crippen LogP contribution in [-0.2, 0) is 6.18 Å². The molecule has 0 bridgehead atoms. The topological polar surface area (TPSA) is 78.3 Å². The molecule has 4 heterocycles. The Morgan fingerprint density at radius 1 is 1.32 bits per heavy atom. The fourth-order valence-corrected chi connectivity index (χ4v) is 3.43. The molecule has 0 aromatic carbocycles. The number of anilines is 1. The summed E-state index contributed by atoms with van der Waals surface area (Å²) in [5.41, 5.74) is 1.43. The van der Waals surface area contributed by atoms with Gasteiger partial charge in [-0.25, -0.2) is 14.8 Å². The van der Waals surface area contributed by atoms with Crippen LogP contribution >= 0.6 is 0 Å². The lowest BCUT2D eigenvalue weighted by Crippen LogP contribution is -2.40. The number of nitrogens with zero attached hydrogens (tertiary/aromatic N) is 4. The zero-order valence-electron chi connectivity index (χ0n) is 15.1. The number of carbonyl (C=O) groups is 1. The number of H-pyrrole nitrogens is 1. The molecule has 0 radical (unpaired) electrons. The molecule has 2 N–H and O–H groups in total. The van der Waals surface area contributed by atoms with Crippen LogP contribution in [0.25, 0.3) is 5.65 Å². The molecule has 10 heteroatoms. The standard InChI is InChI=1S/C18H19F3N6O/c1-11-10-27-7-4-13(8-15(27)23-11)24-17(28)26-5-2-12(3-6-26)16-22-9-14(25-16)18(19,20)21/h4,7-10,12H,2-3,5-6H2,1H3,(H,22,25)(H,24,28). The van der Waals surface area contributed by atoms with Crippen molar-refractivity contribution >= 4 is 17.4 Å². The van der Waals surface area contributed by atoms with Crippen molar-refractivity contribution in [2.75, 3.05) is 18.4 Å². The number of nitrogens with one attached hydrogen (secondary N) is 2. The largest absolute Gasteiger partial charge is 0.432 e. The maximum absolute atomic E-state index is 12.7. The van der Waals surface area contributed by atoms with Crippen LogP contribution in [0.1, 0.15) is 36.0 Å². The Labute approximate surface area is 158 Å². The monoisotopic (exact) mass is 392 g/mol. The van der Waals surface area contributed by atoms with E-state index in [1.165, 1.54) is 0 Å². The predicted octanol–water partition coefficient (Wildman–Crippen LogP) is 3.80. The summed E-state index contributed by atoms with van der Waals surface area (Å²) in [5.74, 6) is 0.205. The minimum Gasteiger partial charge on any atom is -0.338 e. The van der Waals surface area contributed by atoms with Gasteiger partial charge in [0.15, 0.2) is 0 Å². The number of alkyl halides is 3. The Morgan fingerprint density at radius 3 is 2.75 bits per heavy atom. The van der Waals surface area contributed by atoms with Crippen LogP contribution in [0.5, 0.6) is 0 Å². The first-order valence-electron chi connectivity index (χ1n) is 8.93. The summed E-state index contributed by atoms with van der Waals surface area (Å²) in [6.45, 7) is 2.79. The predicted molar refractivity (Wildman–Crippen MR) is 96.1 cm³/mol. The third-order valence-electron chi connectivity index (χ3n) is 4.90. The Balaban J connectivity index is 1.36. The van der Waals surface area contributed by atoms with E-state index in [0.29, 0.717) is 37.4 Å². The fraction of sp³-hybridized carbons (Fsp3) is 0.389. The molecule has 148 valence electrons. The Kier molecular flexibility index (Phi) is 4.48. The van der Waals surface area contributed by atoms with Crippen molar-refractivity contribution < 1.29 is 18.0 Å². The number of aryl methyl sites for hydroxylation is 1. The molecule has 7 nitrogen and oxygen atoms in total. The number of urea groups is 1. The van der Waals surface area contributed by atoms with E-state index >= 15 is 0 Å². The number of hydrogen-bond acceptors (Lipinski definition) is 3. The summed E-state index contributed by atoms with van der Waals surface area (Å²) in [6.07, 6.45) is 1.21. The molecule has 4 rings (SSSR count). The summed E-state index contributed by atoms with van der Waals surface area (Å²) in [6, 6.07) is 3.35. The molecule has 0 unspecified atom stereocenters. The summed E-state index contributed by atoms with van der Waals surface area (Å²) in [5, 5.41) is 2.85. The second kappa shape index (κ2) is 6.84. The quantitative estimate of drug-likeness (QED) is 0.696. The summed E-state index contributed by atoms with van der Waals surface area (Å²) < 4.78 is 40.0. The number of likely N-dealkylation sites (tertiary alicyclic amines) is 1. The number of rotatable bonds is 2. The highest BCUT2D eigenvalue weighted by atomic mass is 19.4. The minimum absolute atomic E-state index is 0.121. The highest BCUT2D eigenvalue weighted by molar-refractivity contribution is 5.89. The van der Waals surface area contributed by atoms with Crippen LogP contribution in [0.3, 0.4) is 0 Å². The molecule has 3 aromatic heterocycles. The van der Waals surface area contributed by atoms with Crippen LogP contribution in [0.15, 0.2) is 30.7 Å². The maximum atomic E-state index is 12.7. The maximum Gasteiger partial charge on any atom is 0.432 e. The van der Waals surface area contributed by atoms with Gasteiger partial charge in [0.1, 0.15) is 17.2 Å². The molecule has 2 amide bonds. The highest BCUT2D eigenvalue weighted by Crippen LogP contribution is 2.31. The van der Waals surface area contributed by atoms with Gasteiger partial charge in [-0.3, -0.25) is 0 Å². The van der Waals surface area contributed by atoms with Gasteiger partial charge in [0.25, 0.3) is 0 Å². The van der Waals surface area contributed by atoms with E-state index in [0.717, 1.165) is 17.5 Å². The average Bonchev–Trinajstić information content (AvgIpc) is 3.27. The highest BCUT2D eigenvalue weighted by Gasteiger charge is 2.34. The van der Waals surface area contributed by atoms with Gasteiger partial charge in [-0.1, -0.05) is 0 Å². The Bertz CT molecular complexity index is 1000. The fourth-order valence-electron chi connectivity index (χ4n) is 3.43. The normalized spacial score (nSPS) is 15.9. The van der Waals surface area contributed by atoms with Gasteiger partial charge in [0, 0.05) is 43.2 Å². The number of piperidine rings is 1. The number of amides is 2. The molecule has 1 saturated heterocycles. The first kappa shape index (κ1) is 18.3. The van der Waals surface area contributed by atoms with Gasteiger partial charge in [0.05, 0.1) is 11.9 Å². The van der Waals surface area contributed by atoms with Crippen LogP contribution < -0.4 is 5.32 Å². The number of pyridine rings is 1. The van der Waals surface area contributed by atoms with Gasteiger partial charge < -0.3 is 19.6 Å². The number of hydrogen-bond donors (Lipinski definition) is 2. The average molecular weight is 392 g/mol. The molecule has 1 aliphatic rings. The number of imidazole rings is 2. The van der Waals surface area contributed by atoms with E-state index < -0.39 is 11.9 Å². The molecule has 1 aliphatic heterocycles. The Hall–Kier alpha value is -3.04. The molecule has 0 atom stereocenters. The van der Waals surface area contributed by atoms with Gasteiger partial charge in [0.2, 0.25) is 0 Å². The van der Waals surface area contributed by atoms with E-state index in [1.54, 1.807) is 17.0 Å². The third-order valence-corrected chi connectivity index (χ3v) is 4.90. The number of carbonyl (C=O) groups excluding carboxylic acids is 1. The van der Waals surface area contributed by atoms with Gasteiger partial charge in [-0.15, -0.1) is 0 Å². The number of aromatic amines is 1. The van der Waals surface area contributed by atoms with Crippen molar-refractivity contribution in [1.82, 2.24) is 24.3 Å². The number of halogens is 3. The molecule has 3 aromatic rings. The van der Waals surface area contributed by atoms with Crippen molar-refractivity contribution in [3.8, 4) is 0 Å². The second-order valence-corrected chi connectivity index (χ2v) is 6.93. The van der Waals surface area contributed by atoms with Crippen LogP contribution in [-0.4, -0.2) is 43.4 Å². The van der Waals surface area contributed by atoms with Gasteiger partial charge >= 0.3 is 12.2 Å². The number of aromatic nitrogens is 4. The molecular formula is C18H19F3N6O.